The normalized spacial score (nSPS) is 27.0. The van der Waals surface area contributed by atoms with Gasteiger partial charge in [0.2, 0.25) is 5.13 Å². The molecule has 0 spiro atoms. The van der Waals surface area contributed by atoms with Gasteiger partial charge in [-0.25, -0.2) is 0 Å². The van der Waals surface area contributed by atoms with Gasteiger partial charge >= 0.3 is 0 Å². The van der Waals surface area contributed by atoms with Crippen molar-refractivity contribution < 1.29 is 0 Å². The molecule has 1 fully saturated rings. The lowest BCUT2D eigenvalue weighted by atomic mass is 9.92. The largest absolute Gasteiger partial charge is 0.344 e. The lowest BCUT2D eigenvalue weighted by molar-refractivity contribution is 0.358. The van der Waals surface area contributed by atoms with Crippen LogP contribution in [0.3, 0.4) is 0 Å². The smallest absolute Gasteiger partial charge is 0.209 e. The van der Waals surface area contributed by atoms with Crippen LogP contribution in [0, 0.1) is 5.92 Å². The minimum atomic E-state index is 0.604. The predicted octanol–water partition coefficient (Wildman–Crippen LogP) is 3.32. The lowest BCUT2D eigenvalue weighted by Crippen LogP contribution is -2.41. The van der Waals surface area contributed by atoms with E-state index in [4.69, 9.17) is 0 Å². The molecule has 0 unspecified atom stereocenters. The van der Waals surface area contributed by atoms with E-state index in [-0.39, 0.29) is 0 Å². The van der Waals surface area contributed by atoms with Crippen molar-refractivity contribution in [3.8, 4) is 0 Å². The first-order valence-corrected chi connectivity index (χ1v) is 7.07. The minimum absolute atomic E-state index is 0.604. The zero-order valence-electron chi connectivity index (χ0n) is 9.11. The number of hydrogen-bond acceptors (Lipinski definition) is 4. The second kappa shape index (κ2) is 4.78. The van der Waals surface area contributed by atoms with Gasteiger partial charge in [-0.2, -0.15) is 0 Å². The van der Waals surface area contributed by atoms with Gasteiger partial charge in [0.05, 0.1) is 0 Å². The summed E-state index contributed by atoms with van der Waals surface area (Å²) in [6.45, 7) is 5.69. The van der Waals surface area contributed by atoms with Crippen LogP contribution >= 0.6 is 27.3 Å². The summed E-state index contributed by atoms with van der Waals surface area (Å²) in [5.41, 5.74) is 0. The number of piperidine rings is 1. The second-order valence-electron chi connectivity index (χ2n) is 4.19. The Hall–Kier alpha value is -0.160. The Labute approximate surface area is 103 Å². The highest BCUT2D eigenvalue weighted by Crippen LogP contribution is 2.32. The van der Waals surface area contributed by atoms with E-state index in [1.165, 1.54) is 19.3 Å². The molecule has 1 aliphatic rings. The summed E-state index contributed by atoms with van der Waals surface area (Å²) in [7, 11) is 0. The van der Waals surface area contributed by atoms with E-state index in [9.17, 15) is 0 Å². The molecule has 3 nitrogen and oxygen atoms in total. The van der Waals surface area contributed by atoms with Gasteiger partial charge in [0.15, 0.2) is 3.92 Å². The molecule has 2 rings (SSSR count). The molecule has 0 radical (unpaired) electrons. The average Bonchev–Trinajstić information content (AvgIpc) is 2.65. The molecular formula is C10H16BrN3S. The van der Waals surface area contributed by atoms with Gasteiger partial charge in [-0.05, 0) is 41.6 Å². The van der Waals surface area contributed by atoms with Crippen molar-refractivity contribution in [2.24, 2.45) is 5.92 Å². The molecule has 5 heteroatoms. The molecule has 1 aromatic rings. The Bertz CT molecular complexity index is 328. The highest BCUT2D eigenvalue weighted by Gasteiger charge is 2.26. The molecule has 0 N–H and O–H groups in total. The number of nitrogens with zero attached hydrogens (tertiary/aromatic N) is 3. The summed E-state index contributed by atoms with van der Waals surface area (Å²) >= 11 is 5.00. The lowest BCUT2D eigenvalue weighted by Gasteiger charge is -2.37. The van der Waals surface area contributed by atoms with Gasteiger partial charge in [-0.3, -0.25) is 0 Å². The minimum Gasteiger partial charge on any atom is -0.344 e. The third-order valence-electron chi connectivity index (χ3n) is 3.19. The molecule has 2 atom stereocenters. The van der Waals surface area contributed by atoms with E-state index in [0.717, 1.165) is 21.5 Å². The molecule has 1 aliphatic heterocycles. The van der Waals surface area contributed by atoms with Crippen molar-refractivity contribution in [1.82, 2.24) is 10.2 Å². The summed E-state index contributed by atoms with van der Waals surface area (Å²) < 4.78 is 0.878. The van der Waals surface area contributed by atoms with Gasteiger partial charge in [-0.15, -0.1) is 10.2 Å². The monoisotopic (exact) mass is 289 g/mol. The summed E-state index contributed by atoms with van der Waals surface area (Å²) in [6, 6.07) is 0.604. The maximum atomic E-state index is 4.21. The van der Waals surface area contributed by atoms with Crippen LogP contribution in [0.15, 0.2) is 3.92 Å². The second-order valence-corrected chi connectivity index (χ2v) is 6.42. The predicted molar refractivity (Wildman–Crippen MR) is 67.4 cm³/mol. The van der Waals surface area contributed by atoms with E-state index in [2.05, 4.69) is 44.9 Å². The summed E-state index contributed by atoms with van der Waals surface area (Å²) in [6.07, 6.45) is 3.90. The van der Waals surface area contributed by atoms with Gasteiger partial charge in [0.1, 0.15) is 0 Å². The number of aromatic nitrogens is 2. The standard InChI is InChI=1S/C10H16BrN3S/c1-3-8-5-4-7(2)14(6-8)10-13-12-9(11)15-10/h7-8H,3-6H2,1-2H3/t7-,8-/m1/s1. The van der Waals surface area contributed by atoms with Gasteiger partial charge in [-0.1, -0.05) is 24.7 Å². The molecule has 1 aromatic heterocycles. The maximum Gasteiger partial charge on any atom is 0.209 e. The van der Waals surface area contributed by atoms with E-state index >= 15 is 0 Å². The van der Waals surface area contributed by atoms with Crippen molar-refractivity contribution >= 4 is 32.4 Å². The first-order chi connectivity index (χ1) is 7.20. The van der Waals surface area contributed by atoms with Crippen molar-refractivity contribution in [3.05, 3.63) is 3.92 Å². The van der Waals surface area contributed by atoms with Gasteiger partial charge in [0, 0.05) is 12.6 Å². The van der Waals surface area contributed by atoms with E-state index < -0.39 is 0 Å². The fourth-order valence-electron chi connectivity index (χ4n) is 2.10. The molecular weight excluding hydrogens is 274 g/mol. The highest BCUT2D eigenvalue weighted by molar-refractivity contribution is 9.11. The molecule has 0 bridgehead atoms. The number of anilines is 1. The Morgan fingerprint density at radius 1 is 1.47 bits per heavy atom. The molecule has 15 heavy (non-hydrogen) atoms. The maximum absolute atomic E-state index is 4.21. The topological polar surface area (TPSA) is 29.0 Å². The summed E-state index contributed by atoms with van der Waals surface area (Å²) in [4.78, 5) is 2.40. The van der Waals surface area contributed by atoms with Crippen LogP contribution in [0.4, 0.5) is 5.13 Å². The molecule has 84 valence electrons. The van der Waals surface area contributed by atoms with Gasteiger partial charge < -0.3 is 4.90 Å². The number of rotatable bonds is 2. The Morgan fingerprint density at radius 2 is 2.27 bits per heavy atom. The third kappa shape index (κ3) is 2.50. The van der Waals surface area contributed by atoms with Gasteiger partial charge in [0.25, 0.3) is 0 Å². The quantitative estimate of drug-likeness (QED) is 0.836. The van der Waals surface area contributed by atoms with Crippen LogP contribution in [0.5, 0.6) is 0 Å². The Balaban J connectivity index is 2.12. The molecule has 0 amide bonds. The SMILES string of the molecule is CC[C@@H]1CC[C@@H](C)N(c2nnc(Br)s2)C1. The fourth-order valence-corrected chi connectivity index (χ4v) is 3.30. The van der Waals surface area contributed by atoms with E-state index in [1.54, 1.807) is 11.3 Å². The zero-order valence-corrected chi connectivity index (χ0v) is 11.5. The molecule has 0 saturated carbocycles. The third-order valence-corrected chi connectivity index (χ3v) is 4.59. The highest BCUT2D eigenvalue weighted by atomic mass is 79.9. The van der Waals surface area contributed by atoms with Crippen LogP contribution in [0.1, 0.15) is 33.1 Å². The molecule has 2 heterocycles. The molecule has 0 aliphatic carbocycles. The van der Waals surface area contributed by atoms with Crippen molar-refractivity contribution in [2.45, 2.75) is 39.2 Å². The average molecular weight is 290 g/mol. The summed E-state index contributed by atoms with van der Waals surface area (Å²) in [5.74, 6) is 0.823. The van der Waals surface area contributed by atoms with Crippen LogP contribution in [0.25, 0.3) is 0 Å². The van der Waals surface area contributed by atoms with Crippen molar-refractivity contribution in [2.75, 3.05) is 11.4 Å². The van der Waals surface area contributed by atoms with Crippen molar-refractivity contribution in [3.63, 3.8) is 0 Å². The van der Waals surface area contributed by atoms with Crippen LogP contribution in [-0.4, -0.2) is 22.8 Å². The zero-order chi connectivity index (χ0) is 10.8. The van der Waals surface area contributed by atoms with E-state index in [1.807, 2.05) is 0 Å². The van der Waals surface area contributed by atoms with E-state index in [0.29, 0.717) is 6.04 Å². The first-order valence-electron chi connectivity index (χ1n) is 5.46. The van der Waals surface area contributed by atoms with Crippen LogP contribution in [0.2, 0.25) is 0 Å². The summed E-state index contributed by atoms with van der Waals surface area (Å²) in [5, 5.41) is 9.29. The number of hydrogen-bond donors (Lipinski definition) is 0. The van der Waals surface area contributed by atoms with Crippen molar-refractivity contribution in [1.29, 1.82) is 0 Å². The molecule has 0 aromatic carbocycles. The fraction of sp³-hybridized carbons (Fsp3) is 0.800. The number of halogens is 1. The Morgan fingerprint density at radius 3 is 2.87 bits per heavy atom. The molecule has 1 saturated heterocycles. The van der Waals surface area contributed by atoms with Crippen LogP contribution < -0.4 is 4.90 Å². The van der Waals surface area contributed by atoms with Crippen LogP contribution in [-0.2, 0) is 0 Å². The first kappa shape index (κ1) is 11.3. The Kier molecular flexibility index (Phi) is 3.61.